The molecule has 0 aliphatic carbocycles. The number of anilines is 1. The number of para-hydroxylation sites is 1. The fourth-order valence-electron chi connectivity index (χ4n) is 5.34. The molecule has 3 heterocycles. The van der Waals surface area contributed by atoms with Gasteiger partial charge in [0.2, 0.25) is 0 Å². The average Bonchev–Trinajstić information content (AvgIpc) is 3.32. The molecular formula is C22H30N4O4. The Morgan fingerprint density at radius 2 is 2.03 bits per heavy atom. The fourth-order valence-corrected chi connectivity index (χ4v) is 5.34. The van der Waals surface area contributed by atoms with Gasteiger partial charge >= 0.3 is 0 Å². The predicted octanol–water partition coefficient (Wildman–Crippen LogP) is 1.50. The minimum atomic E-state index is -1.09. The maximum atomic E-state index is 13.4. The zero-order valence-electron chi connectivity index (χ0n) is 17.9. The summed E-state index contributed by atoms with van der Waals surface area (Å²) in [5.41, 5.74) is 0.344. The molecule has 2 aromatic rings. The largest absolute Gasteiger partial charge is 0.396 e. The van der Waals surface area contributed by atoms with Gasteiger partial charge in [-0.3, -0.25) is 9.48 Å². The molecule has 4 rings (SSSR count). The van der Waals surface area contributed by atoms with Gasteiger partial charge in [-0.15, -0.1) is 5.10 Å². The predicted molar refractivity (Wildman–Crippen MR) is 111 cm³/mol. The van der Waals surface area contributed by atoms with E-state index in [2.05, 4.69) is 10.3 Å². The number of aliphatic hydroxyl groups excluding tert-OH is 1. The van der Waals surface area contributed by atoms with E-state index < -0.39 is 11.2 Å². The molecule has 1 aromatic heterocycles. The molecule has 1 amide bonds. The number of aliphatic hydroxyl groups is 2. The number of aromatic nitrogens is 3. The summed E-state index contributed by atoms with van der Waals surface area (Å²) in [6.45, 7) is 6.15. The summed E-state index contributed by atoms with van der Waals surface area (Å²) in [6.07, 6.45) is 2.54. The maximum absolute atomic E-state index is 13.4. The van der Waals surface area contributed by atoms with Gasteiger partial charge in [0.25, 0.3) is 5.91 Å². The minimum absolute atomic E-state index is 0.0281. The number of amides is 1. The van der Waals surface area contributed by atoms with Crippen LogP contribution in [0.15, 0.2) is 30.5 Å². The number of nitrogens with zero attached hydrogens (tertiary/aromatic N) is 4. The van der Waals surface area contributed by atoms with Gasteiger partial charge in [-0.05, 0) is 26.3 Å². The van der Waals surface area contributed by atoms with Gasteiger partial charge in [-0.25, -0.2) is 0 Å². The number of likely N-dealkylation sites (N-methyl/N-ethyl adjacent to an activating group) is 1. The van der Waals surface area contributed by atoms with Crippen molar-refractivity contribution in [3.05, 3.63) is 41.7 Å². The van der Waals surface area contributed by atoms with Crippen LogP contribution in [0.3, 0.4) is 0 Å². The van der Waals surface area contributed by atoms with Gasteiger partial charge < -0.3 is 19.8 Å². The van der Waals surface area contributed by atoms with Gasteiger partial charge in [0.1, 0.15) is 0 Å². The first-order valence-corrected chi connectivity index (χ1v) is 10.5. The molecule has 162 valence electrons. The van der Waals surface area contributed by atoms with Crippen molar-refractivity contribution in [1.82, 2.24) is 15.0 Å². The number of ether oxygens (including phenoxy) is 1. The number of carbonyl (C=O) groups is 1. The van der Waals surface area contributed by atoms with Crippen LogP contribution in [-0.2, 0) is 28.1 Å². The normalized spacial score (nSPS) is 28.5. The van der Waals surface area contributed by atoms with Gasteiger partial charge in [0.05, 0.1) is 23.1 Å². The third kappa shape index (κ3) is 3.14. The van der Waals surface area contributed by atoms with E-state index in [1.807, 2.05) is 37.4 Å². The van der Waals surface area contributed by atoms with Crippen LogP contribution in [0.1, 0.15) is 38.4 Å². The van der Waals surface area contributed by atoms with E-state index >= 15 is 0 Å². The Morgan fingerprint density at radius 1 is 1.30 bits per heavy atom. The van der Waals surface area contributed by atoms with E-state index in [-0.39, 0.29) is 30.5 Å². The van der Waals surface area contributed by atoms with E-state index in [9.17, 15) is 9.90 Å². The summed E-state index contributed by atoms with van der Waals surface area (Å²) in [5.74, 6) is -0.526. The SMILES string of the molecule is C[C@H]1[C@H](C(C)(C)O)[C@@H](CCn2cc(CCO)nn2)O[C@]12C(=O)N(C)c1ccccc12. The number of benzene rings is 1. The molecule has 0 unspecified atom stereocenters. The van der Waals surface area contributed by atoms with Crippen molar-refractivity contribution in [3.63, 3.8) is 0 Å². The van der Waals surface area contributed by atoms with Crippen LogP contribution >= 0.6 is 0 Å². The molecule has 2 aliphatic heterocycles. The number of hydrogen-bond donors (Lipinski definition) is 2. The van der Waals surface area contributed by atoms with E-state index in [1.165, 1.54) is 0 Å². The highest BCUT2D eigenvalue weighted by Gasteiger charge is 2.65. The van der Waals surface area contributed by atoms with Gasteiger partial charge in [-0.1, -0.05) is 30.3 Å². The summed E-state index contributed by atoms with van der Waals surface area (Å²) in [7, 11) is 1.77. The van der Waals surface area contributed by atoms with Crippen molar-refractivity contribution in [2.75, 3.05) is 18.6 Å². The van der Waals surface area contributed by atoms with Crippen molar-refractivity contribution in [2.45, 2.75) is 57.5 Å². The van der Waals surface area contributed by atoms with Crippen LogP contribution < -0.4 is 4.90 Å². The number of carbonyl (C=O) groups excluding carboxylic acids is 1. The summed E-state index contributed by atoms with van der Waals surface area (Å²) < 4.78 is 8.32. The molecule has 8 heteroatoms. The quantitative estimate of drug-likeness (QED) is 0.743. The second-order valence-corrected chi connectivity index (χ2v) is 8.98. The van der Waals surface area contributed by atoms with Crippen molar-refractivity contribution in [2.24, 2.45) is 11.8 Å². The molecule has 0 radical (unpaired) electrons. The smallest absolute Gasteiger partial charge is 0.264 e. The first kappa shape index (κ1) is 21.0. The zero-order valence-corrected chi connectivity index (χ0v) is 17.9. The summed E-state index contributed by atoms with van der Waals surface area (Å²) >= 11 is 0. The van der Waals surface area contributed by atoms with Gasteiger partial charge in [0, 0.05) is 50.2 Å². The van der Waals surface area contributed by atoms with E-state index in [1.54, 1.807) is 30.5 Å². The molecule has 2 aliphatic rings. The molecule has 1 fully saturated rings. The lowest BCUT2D eigenvalue weighted by molar-refractivity contribution is -0.145. The Bertz CT molecular complexity index is 937. The number of hydrogen-bond acceptors (Lipinski definition) is 6. The summed E-state index contributed by atoms with van der Waals surface area (Å²) in [4.78, 5) is 15.1. The van der Waals surface area contributed by atoms with Gasteiger partial charge in [-0.2, -0.15) is 0 Å². The van der Waals surface area contributed by atoms with Crippen LogP contribution in [0.25, 0.3) is 0 Å². The standard InChI is InChI=1S/C22H30N4O4/c1-14-19(21(2,3)29)18(9-11-26-13-15(10-12-27)23-24-26)30-22(14)16-7-5-6-8-17(16)25(4)20(22)28/h5-8,13-14,18-19,27,29H,9-12H2,1-4H3/t14-,18+,19-,22+/m0/s1. The highest BCUT2D eigenvalue weighted by Crippen LogP contribution is 2.57. The highest BCUT2D eigenvalue weighted by molar-refractivity contribution is 6.07. The monoisotopic (exact) mass is 414 g/mol. The summed E-state index contributed by atoms with van der Waals surface area (Å²) in [6, 6.07) is 7.73. The first-order valence-electron chi connectivity index (χ1n) is 10.5. The Labute approximate surface area is 176 Å². The van der Waals surface area contributed by atoms with Crippen molar-refractivity contribution >= 4 is 11.6 Å². The number of rotatable bonds is 6. The lowest BCUT2D eigenvalue weighted by Crippen LogP contribution is -2.45. The van der Waals surface area contributed by atoms with Crippen LogP contribution in [0.2, 0.25) is 0 Å². The third-order valence-electron chi connectivity index (χ3n) is 6.62. The molecular weight excluding hydrogens is 384 g/mol. The molecule has 1 spiro atoms. The van der Waals surface area contributed by atoms with Crippen LogP contribution in [0, 0.1) is 11.8 Å². The maximum Gasteiger partial charge on any atom is 0.264 e. The van der Waals surface area contributed by atoms with Crippen LogP contribution in [-0.4, -0.2) is 56.5 Å². The molecule has 8 nitrogen and oxygen atoms in total. The molecule has 0 bridgehead atoms. The molecule has 30 heavy (non-hydrogen) atoms. The Balaban J connectivity index is 1.65. The molecule has 1 aromatic carbocycles. The second-order valence-electron chi connectivity index (χ2n) is 8.98. The highest BCUT2D eigenvalue weighted by atomic mass is 16.5. The Morgan fingerprint density at radius 3 is 2.73 bits per heavy atom. The van der Waals surface area contributed by atoms with Gasteiger partial charge in [0.15, 0.2) is 5.60 Å². The van der Waals surface area contributed by atoms with Crippen molar-refractivity contribution in [3.8, 4) is 0 Å². The topological polar surface area (TPSA) is 101 Å². The van der Waals surface area contributed by atoms with E-state index in [0.29, 0.717) is 19.4 Å². The summed E-state index contributed by atoms with van der Waals surface area (Å²) in [5, 5.41) is 28.2. The van der Waals surface area contributed by atoms with Crippen LogP contribution in [0.4, 0.5) is 5.69 Å². The Kier molecular flexibility index (Phi) is 5.20. The number of fused-ring (bicyclic) bond motifs is 2. The van der Waals surface area contributed by atoms with E-state index in [0.717, 1.165) is 16.9 Å². The first-order chi connectivity index (χ1) is 14.2. The Hall–Kier alpha value is -2.29. The molecule has 2 N–H and O–H groups in total. The minimum Gasteiger partial charge on any atom is -0.396 e. The number of aryl methyl sites for hydroxylation is 1. The zero-order chi connectivity index (χ0) is 21.7. The second kappa shape index (κ2) is 7.44. The lowest BCUT2D eigenvalue weighted by Gasteiger charge is -2.34. The molecule has 4 atom stereocenters. The lowest BCUT2D eigenvalue weighted by atomic mass is 9.71. The van der Waals surface area contributed by atoms with Crippen molar-refractivity contribution in [1.29, 1.82) is 0 Å². The average molecular weight is 415 g/mol. The van der Waals surface area contributed by atoms with E-state index in [4.69, 9.17) is 9.84 Å². The molecule has 1 saturated heterocycles. The fraction of sp³-hybridized carbons (Fsp3) is 0.591. The third-order valence-corrected chi connectivity index (χ3v) is 6.62. The van der Waals surface area contributed by atoms with Crippen molar-refractivity contribution < 1.29 is 19.7 Å². The molecule has 0 saturated carbocycles. The van der Waals surface area contributed by atoms with Crippen LogP contribution in [0.5, 0.6) is 0 Å².